The lowest BCUT2D eigenvalue weighted by Crippen LogP contribution is -2.28. The predicted octanol–water partition coefficient (Wildman–Crippen LogP) is 5.68. The highest BCUT2D eigenvalue weighted by molar-refractivity contribution is 6.34. The molecule has 2 aromatic heterocycles. The van der Waals surface area contributed by atoms with Gasteiger partial charge in [0.2, 0.25) is 5.91 Å². The van der Waals surface area contributed by atoms with Crippen LogP contribution in [0.25, 0.3) is 16.9 Å². The van der Waals surface area contributed by atoms with Gasteiger partial charge < -0.3 is 15.4 Å². The Hall–Kier alpha value is -4.26. The Morgan fingerprint density at radius 3 is 2.53 bits per heavy atom. The van der Waals surface area contributed by atoms with E-state index in [0.717, 1.165) is 18.2 Å². The van der Waals surface area contributed by atoms with Crippen molar-refractivity contribution in [3.8, 4) is 17.0 Å². The summed E-state index contributed by atoms with van der Waals surface area (Å²) in [5.74, 6) is -3.80. The van der Waals surface area contributed by atoms with Crippen LogP contribution in [0.2, 0.25) is 5.02 Å². The molecule has 4 aromatic rings. The summed E-state index contributed by atoms with van der Waals surface area (Å²) < 4.78 is 72.6. The number of imidazole rings is 1. The third-order valence-corrected chi connectivity index (χ3v) is 5.55. The molecule has 0 saturated carbocycles. The van der Waals surface area contributed by atoms with Crippen molar-refractivity contribution in [2.45, 2.75) is 26.3 Å². The number of nitrogens with zero attached hydrogens (tertiary/aromatic N) is 3. The summed E-state index contributed by atoms with van der Waals surface area (Å²) >= 11 is 6.09. The number of nitrogens with one attached hydrogen (secondary N) is 2. The summed E-state index contributed by atoms with van der Waals surface area (Å²) in [6.45, 7) is 2.60. The van der Waals surface area contributed by atoms with Gasteiger partial charge in [-0.05, 0) is 49.4 Å². The lowest BCUT2D eigenvalue weighted by Gasteiger charge is -2.18. The molecule has 0 fully saturated rings. The Balaban J connectivity index is 1.63. The first-order valence-corrected chi connectivity index (χ1v) is 11.2. The first-order chi connectivity index (χ1) is 17.8. The molecule has 1 unspecified atom stereocenters. The van der Waals surface area contributed by atoms with E-state index in [4.69, 9.17) is 11.6 Å². The highest BCUT2D eigenvalue weighted by Crippen LogP contribution is 2.31. The lowest BCUT2D eigenvalue weighted by atomic mass is 10.0. The van der Waals surface area contributed by atoms with Gasteiger partial charge >= 0.3 is 6.36 Å². The molecule has 2 N–H and O–H groups in total. The maximum atomic E-state index is 15.5. The molecule has 2 heterocycles. The molecule has 0 aliphatic carbocycles. The summed E-state index contributed by atoms with van der Waals surface area (Å²) in [7, 11) is 0. The quantitative estimate of drug-likeness (QED) is 0.300. The molecular formula is C24H17ClF5N5O3. The van der Waals surface area contributed by atoms with Gasteiger partial charge in [0.15, 0.2) is 11.5 Å². The summed E-state index contributed by atoms with van der Waals surface area (Å²) in [6.07, 6.45) is -3.59. The summed E-state index contributed by atoms with van der Waals surface area (Å²) in [5.41, 5.74) is -0.544. The number of halogens is 6. The number of amides is 2. The second-order valence-corrected chi connectivity index (χ2v) is 8.45. The number of fused-ring (bicyclic) bond motifs is 1. The normalized spacial score (nSPS) is 12.3. The average Bonchev–Trinajstić information content (AvgIpc) is 3.20. The Bertz CT molecular complexity index is 1560. The standard InChI is InChI=1S/C24H17ClF5N5O3/c1-11(15-9-13(3-6-17(15)26)38-24(28,29)30)31-23(37)21-16(25)5-4-14(22(21)27)18-7-8-20-33-19(32-12(2)36)10-35(20)34-18/h3-11H,1-2H3,(H,31,37)(H,32,36). The zero-order valence-electron chi connectivity index (χ0n) is 19.5. The van der Waals surface area contributed by atoms with E-state index >= 15 is 4.39 Å². The van der Waals surface area contributed by atoms with E-state index in [1.807, 2.05) is 0 Å². The number of carbonyl (C=O) groups excluding carboxylic acids is 2. The van der Waals surface area contributed by atoms with Gasteiger partial charge in [-0.15, -0.1) is 13.2 Å². The minimum absolute atomic E-state index is 0.101. The van der Waals surface area contributed by atoms with E-state index in [0.29, 0.717) is 5.65 Å². The molecule has 38 heavy (non-hydrogen) atoms. The van der Waals surface area contributed by atoms with E-state index in [-0.39, 0.29) is 33.6 Å². The Morgan fingerprint density at radius 1 is 1.11 bits per heavy atom. The number of hydrogen-bond donors (Lipinski definition) is 2. The minimum Gasteiger partial charge on any atom is -0.406 e. The molecule has 2 aromatic carbocycles. The van der Waals surface area contributed by atoms with Gasteiger partial charge in [0.05, 0.1) is 28.5 Å². The van der Waals surface area contributed by atoms with Crippen LogP contribution in [0.3, 0.4) is 0 Å². The maximum Gasteiger partial charge on any atom is 0.573 e. The molecule has 0 saturated heterocycles. The van der Waals surface area contributed by atoms with E-state index in [1.54, 1.807) is 0 Å². The number of benzene rings is 2. The van der Waals surface area contributed by atoms with E-state index in [2.05, 4.69) is 25.5 Å². The van der Waals surface area contributed by atoms with Gasteiger partial charge in [0.1, 0.15) is 17.4 Å². The van der Waals surface area contributed by atoms with Crippen molar-refractivity contribution in [1.82, 2.24) is 19.9 Å². The zero-order chi connectivity index (χ0) is 27.8. The molecule has 0 aliphatic heterocycles. The van der Waals surface area contributed by atoms with Crippen molar-refractivity contribution in [2.24, 2.45) is 0 Å². The second kappa shape index (κ2) is 10.2. The van der Waals surface area contributed by atoms with Crippen LogP contribution in [0.5, 0.6) is 5.75 Å². The van der Waals surface area contributed by atoms with Crippen LogP contribution in [0.1, 0.15) is 35.8 Å². The lowest BCUT2D eigenvalue weighted by molar-refractivity contribution is -0.274. The number of ether oxygens (including phenoxy) is 1. The van der Waals surface area contributed by atoms with E-state index < -0.39 is 41.3 Å². The van der Waals surface area contributed by atoms with Crippen molar-refractivity contribution in [3.63, 3.8) is 0 Å². The molecule has 2 amide bonds. The molecular weight excluding hydrogens is 537 g/mol. The Morgan fingerprint density at radius 2 is 1.84 bits per heavy atom. The zero-order valence-corrected chi connectivity index (χ0v) is 20.3. The molecule has 0 radical (unpaired) electrons. The summed E-state index contributed by atoms with van der Waals surface area (Å²) in [4.78, 5) is 28.4. The number of carbonyl (C=O) groups is 2. The number of anilines is 1. The smallest absolute Gasteiger partial charge is 0.406 e. The highest BCUT2D eigenvalue weighted by Gasteiger charge is 2.32. The number of aromatic nitrogens is 3. The fraction of sp³-hybridized carbons (Fsp3) is 0.167. The molecule has 198 valence electrons. The largest absolute Gasteiger partial charge is 0.573 e. The third kappa shape index (κ3) is 5.83. The minimum atomic E-state index is -5.00. The topological polar surface area (TPSA) is 97.6 Å². The first-order valence-electron chi connectivity index (χ1n) is 10.8. The molecule has 0 spiro atoms. The van der Waals surface area contributed by atoms with Crippen LogP contribution in [0.15, 0.2) is 48.7 Å². The van der Waals surface area contributed by atoms with Crippen molar-refractivity contribution in [1.29, 1.82) is 0 Å². The Labute approximate surface area is 216 Å². The van der Waals surface area contributed by atoms with Crippen molar-refractivity contribution >= 4 is 34.9 Å². The Kier molecular flexibility index (Phi) is 7.22. The van der Waals surface area contributed by atoms with Crippen molar-refractivity contribution in [3.05, 3.63) is 76.4 Å². The van der Waals surface area contributed by atoms with E-state index in [1.165, 1.54) is 48.8 Å². The van der Waals surface area contributed by atoms with Crippen LogP contribution < -0.4 is 15.4 Å². The molecule has 0 bridgehead atoms. The van der Waals surface area contributed by atoms with Gasteiger partial charge in [-0.3, -0.25) is 9.59 Å². The van der Waals surface area contributed by atoms with Gasteiger partial charge in [-0.2, -0.15) is 5.10 Å². The monoisotopic (exact) mass is 553 g/mol. The van der Waals surface area contributed by atoms with Crippen LogP contribution in [0, 0.1) is 11.6 Å². The number of hydrogen-bond acceptors (Lipinski definition) is 5. The second-order valence-electron chi connectivity index (χ2n) is 8.04. The molecule has 0 aliphatic rings. The van der Waals surface area contributed by atoms with Gasteiger partial charge in [-0.1, -0.05) is 11.6 Å². The number of alkyl halides is 3. The van der Waals surface area contributed by atoms with E-state index in [9.17, 15) is 27.2 Å². The van der Waals surface area contributed by atoms with Gasteiger partial charge in [-0.25, -0.2) is 18.3 Å². The van der Waals surface area contributed by atoms with Crippen LogP contribution in [0.4, 0.5) is 27.8 Å². The summed E-state index contributed by atoms with van der Waals surface area (Å²) in [5, 5.41) is 8.83. The molecule has 1 atom stereocenters. The van der Waals surface area contributed by atoms with Crippen molar-refractivity contribution < 1.29 is 36.3 Å². The SMILES string of the molecule is CC(=O)Nc1cn2nc(-c3ccc(Cl)c(C(=O)NC(C)c4cc(OC(F)(F)F)ccc4F)c3F)ccc2n1. The van der Waals surface area contributed by atoms with Gasteiger partial charge in [0, 0.05) is 18.1 Å². The van der Waals surface area contributed by atoms with Crippen LogP contribution in [-0.2, 0) is 4.79 Å². The fourth-order valence-electron chi connectivity index (χ4n) is 3.62. The maximum absolute atomic E-state index is 15.5. The van der Waals surface area contributed by atoms with Crippen LogP contribution in [-0.4, -0.2) is 32.8 Å². The first kappa shape index (κ1) is 26.8. The predicted molar refractivity (Wildman–Crippen MR) is 127 cm³/mol. The molecule has 8 nitrogen and oxygen atoms in total. The number of rotatable bonds is 6. The third-order valence-electron chi connectivity index (χ3n) is 5.23. The fourth-order valence-corrected chi connectivity index (χ4v) is 3.85. The highest BCUT2D eigenvalue weighted by atomic mass is 35.5. The van der Waals surface area contributed by atoms with Crippen LogP contribution >= 0.6 is 11.6 Å². The molecule has 14 heteroatoms. The van der Waals surface area contributed by atoms with Gasteiger partial charge in [0.25, 0.3) is 5.91 Å². The van der Waals surface area contributed by atoms with Crippen molar-refractivity contribution in [2.75, 3.05) is 5.32 Å². The summed E-state index contributed by atoms with van der Waals surface area (Å²) in [6, 6.07) is 6.65. The molecule has 4 rings (SSSR count). The average molecular weight is 554 g/mol.